The summed E-state index contributed by atoms with van der Waals surface area (Å²) in [6.45, 7) is 2.75. The highest BCUT2D eigenvalue weighted by atomic mass is 16.1. The van der Waals surface area contributed by atoms with Crippen molar-refractivity contribution in [1.29, 1.82) is 0 Å². The van der Waals surface area contributed by atoms with Gasteiger partial charge in [-0.1, -0.05) is 30.3 Å². The number of hydrogen-bond donors (Lipinski definition) is 3. The monoisotopic (exact) mass is 370 g/mol. The molecule has 2 aromatic carbocycles. The molecule has 28 heavy (non-hydrogen) atoms. The first-order valence-corrected chi connectivity index (χ1v) is 9.31. The van der Waals surface area contributed by atoms with Gasteiger partial charge in [-0.15, -0.1) is 0 Å². The molecule has 4 aromatic rings. The second-order valence-electron chi connectivity index (χ2n) is 6.82. The lowest BCUT2D eigenvalue weighted by atomic mass is 10.1. The summed E-state index contributed by atoms with van der Waals surface area (Å²) in [6, 6.07) is 17.8. The number of rotatable bonds is 6. The van der Waals surface area contributed by atoms with Gasteiger partial charge in [0.1, 0.15) is 0 Å². The van der Waals surface area contributed by atoms with Crippen molar-refractivity contribution in [3.63, 3.8) is 0 Å². The van der Waals surface area contributed by atoms with Gasteiger partial charge in [-0.05, 0) is 48.7 Å². The quantitative estimate of drug-likeness (QED) is 0.457. The molecule has 0 aliphatic carbocycles. The third kappa shape index (κ3) is 4.04. The Hall–Kier alpha value is -3.60. The van der Waals surface area contributed by atoms with Crippen molar-refractivity contribution >= 4 is 28.2 Å². The van der Waals surface area contributed by atoms with Crippen LogP contribution in [0.1, 0.15) is 21.5 Å². The number of aryl methyl sites for hydroxylation is 1. The van der Waals surface area contributed by atoms with Gasteiger partial charge in [0.05, 0.1) is 11.3 Å². The predicted octanol–water partition coefficient (Wildman–Crippen LogP) is 4.78. The normalized spacial score (nSPS) is 10.8. The van der Waals surface area contributed by atoms with Crippen molar-refractivity contribution in [3.05, 3.63) is 89.9 Å². The van der Waals surface area contributed by atoms with Crippen molar-refractivity contribution < 1.29 is 4.79 Å². The maximum Gasteiger partial charge on any atom is 0.257 e. The minimum absolute atomic E-state index is 0.168. The summed E-state index contributed by atoms with van der Waals surface area (Å²) in [5.74, 6) is -0.168. The Kier molecular flexibility index (Phi) is 5.06. The third-order valence-electron chi connectivity index (χ3n) is 4.67. The van der Waals surface area contributed by atoms with Crippen LogP contribution in [0.15, 0.2) is 73.2 Å². The zero-order valence-corrected chi connectivity index (χ0v) is 15.7. The van der Waals surface area contributed by atoms with E-state index in [-0.39, 0.29) is 5.91 Å². The molecule has 5 heteroatoms. The Morgan fingerprint density at radius 3 is 2.82 bits per heavy atom. The number of pyridine rings is 1. The number of aromatic amines is 1. The van der Waals surface area contributed by atoms with Gasteiger partial charge in [-0.3, -0.25) is 9.78 Å². The maximum absolute atomic E-state index is 12.5. The lowest BCUT2D eigenvalue weighted by Crippen LogP contribution is -2.13. The van der Waals surface area contributed by atoms with Crippen LogP contribution in [0.5, 0.6) is 0 Å². The molecule has 0 aliphatic heterocycles. The number of amides is 1. The van der Waals surface area contributed by atoms with Crippen LogP contribution in [0.2, 0.25) is 0 Å². The maximum atomic E-state index is 12.5. The van der Waals surface area contributed by atoms with Crippen LogP contribution in [0.3, 0.4) is 0 Å². The number of aromatic nitrogens is 2. The number of carbonyl (C=O) groups excluding carboxylic acids is 1. The summed E-state index contributed by atoms with van der Waals surface area (Å²) in [5, 5.41) is 7.52. The minimum Gasteiger partial charge on any atom is -0.383 e. The number of benzene rings is 2. The van der Waals surface area contributed by atoms with E-state index >= 15 is 0 Å². The van der Waals surface area contributed by atoms with Crippen molar-refractivity contribution in [2.75, 3.05) is 17.2 Å². The molecule has 4 rings (SSSR count). The first kappa shape index (κ1) is 17.8. The van der Waals surface area contributed by atoms with Gasteiger partial charge >= 0.3 is 0 Å². The number of hydrogen-bond acceptors (Lipinski definition) is 3. The average Bonchev–Trinajstić information content (AvgIpc) is 3.11. The molecule has 0 atom stereocenters. The third-order valence-corrected chi connectivity index (χ3v) is 4.67. The summed E-state index contributed by atoms with van der Waals surface area (Å²) >= 11 is 0. The predicted molar refractivity (Wildman–Crippen MR) is 114 cm³/mol. The van der Waals surface area contributed by atoms with Gasteiger partial charge in [0.2, 0.25) is 0 Å². The van der Waals surface area contributed by atoms with Crippen molar-refractivity contribution in [3.8, 4) is 0 Å². The fourth-order valence-corrected chi connectivity index (χ4v) is 3.27. The zero-order valence-electron chi connectivity index (χ0n) is 15.7. The highest BCUT2D eigenvalue weighted by Gasteiger charge is 2.08. The smallest absolute Gasteiger partial charge is 0.257 e. The molecule has 2 aromatic heterocycles. The number of nitrogens with one attached hydrogen (secondary N) is 3. The Balaban J connectivity index is 1.39. The molecule has 1 amide bonds. The molecule has 2 heterocycles. The lowest BCUT2D eigenvalue weighted by Gasteiger charge is -2.09. The van der Waals surface area contributed by atoms with E-state index in [9.17, 15) is 4.79 Å². The number of nitrogens with zero attached hydrogens (tertiary/aromatic N) is 1. The highest BCUT2D eigenvalue weighted by molar-refractivity contribution is 6.04. The van der Waals surface area contributed by atoms with Gasteiger partial charge < -0.3 is 15.6 Å². The van der Waals surface area contributed by atoms with Gasteiger partial charge in [0, 0.05) is 41.7 Å². The minimum atomic E-state index is -0.168. The molecule has 0 unspecified atom stereocenters. The standard InChI is InChI=1S/C23H22N4O/c1-16-5-4-6-19(11-16)27-23(28)18-12-20(15-24-13-18)25-10-9-17-14-26-22-8-3-2-7-21(17)22/h2-8,11-15,25-26H,9-10H2,1H3,(H,27,28). The molecule has 140 valence electrons. The molecule has 0 saturated heterocycles. The summed E-state index contributed by atoms with van der Waals surface area (Å²) < 4.78 is 0. The second kappa shape index (κ2) is 7.96. The fourth-order valence-electron chi connectivity index (χ4n) is 3.27. The molecule has 0 bridgehead atoms. The van der Waals surface area contributed by atoms with E-state index in [1.54, 1.807) is 12.4 Å². The number of para-hydroxylation sites is 1. The average molecular weight is 370 g/mol. The van der Waals surface area contributed by atoms with E-state index in [2.05, 4.69) is 38.9 Å². The summed E-state index contributed by atoms with van der Waals surface area (Å²) in [5.41, 5.74) is 5.65. The molecule has 0 aliphatic rings. The Labute approximate surface area is 163 Å². The van der Waals surface area contributed by atoms with Crippen LogP contribution in [0.4, 0.5) is 11.4 Å². The van der Waals surface area contributed by atoms with Crippen LogP contribution in [-0.4, -0.2) is 22.4 Å². The van der Waals surface area contributed by atoms with E-state index in [0.717, 1.165) is 35.4 Å². The Morgan fingerprint density at radius 1 is 1.04 bits per heavy atom. The number of H-pyrrole nitrogens is 1. The van der Waals surface area contributed by atoms with Crippen molar-refractivity contribution in [1.82, 2.24) is 9.97 Å². The fraction of sp³-hybridized carbons (Fsp3) is 0.130. The summed E-state index contributed by atoms with van der Waals surface area (Å²) in [4.78, 5) is 20.0. The first-order chi connectivity index (χ1) is 13.7. The highest BCUT2D eigenvalue weighted by Crippen LogP contribution is 2.18. The summed E-state index contributed by atoms with van der Waals surface area (Å²) in [6.07, 6.45) is 6.24. The zero-order chi connectivity index (χ0) is 19.3. The van der Waals surface area contributed by atoms with Crippen LogP contribution in [-0.2, 0) is 6.42 Å². The SMILES string of the molecule is Cc1cccc(NC(=O)c2cncc(NCCc3c[nH]c4ccccc34)c2)c1. The molecular weight excluding hydrogens is 348 g/mol. The summed E-state index contributed by atoms with van der Waals surface area (Å²) in [7, 11) is 0. The first-order valence-electron chi connectivity index (χ1n) is 9.31. The Morgan fingerprint density at radius 2 is 1.93 bits per heavy atom. The molecule has 0 spiro atoms. The number of carbonyl (C=O) groups is 1. The Bertz CT molecular complexity index is 1120. The number of anilines is 2. The van der Waals surface area contributed by atoms with E-state index in [1.165, 1.54) is 10.9 Å². The van der Waals surface area contributed by atoms with Crippen molar-refractivity contribution in [2.24, 2.45) is 0 Å². The largest absolute Gasteiger partial charge is 0.383 e. The van der Waals surface area contributed by atoms with E-state index in [4.69, 9.17) is 0 Å². The molecule has 3 N–H and O–H groups in total. The molecule has 0 radical (unpaired) electrons. The topological polar surface area (TPSA) is 69.8 Å². The second-order valence-corrected chi connectivity index (χ2v) is 6.82. The molecular formula is C23H22N4O. The van der Waals surface area contributed by atoms with Crippen molar-refractivity contribution in [2.45, 2.75) is 13.3 Å². The molecule has 0 saturated carbocycles. The van der Waals surface area contributed by atoms with Crippen LogP contribution >= 0.6 is 0 Å². The molecule has 0 fully saturated rings. The number of fused-ring (bicyclic) bond motifs is 1. The van der Waals surface area contributed by atoms with E-state index in [1.807, 2.05) is 49.4 Å². The van der Waals surface area contributed by atoms with Gasteiger partial charge in [-0.2, -0.15) is 0 Å². The van der Waals surface area contributed by atoms with Crippen LogP contribution in [0, 0.1) is 6.92 Å². The lowest BCUT2D eigenvalue weighted by molar-refractivity contribution is 0.102. The van der Waals surface area contributed by atoms with Crippen LogP contribution in [0.25, 0.3) is 10.9 Å². The van der Waals surface area contributed by atoms with Crippen LogP contribution < -0.4 is 10.6 Å². The van der Waals surface area contributed by atoms with E-state index in [0.29, 0.717) is 5.56 Å². The van der Waals surface area contributed by atoms with Gasteiger partial charge in [0.25, 0.3) is 5.91 Å². The molecule has 5 nitrogen and oxygen atoms in total. The van der Waals surface area contributed by atoms with Gasteiger partial charge in [-0.25, -0.2) is 0 Å². The van der Waals surface area contributed by atoms with Gasteiger partial charge in [0.15, 0.2) is 0 Å². The van der Waals surface area contributed by atoms with E-state index < -0.39 is 0 Å².